The zero-order valence-corrected chi connectivity index (χ0v) is 42.1. The van der Waals surface area contributed by atoms with Crippen molar-refractivity contribution in [1.82, 2.24) is 30.0 Å². The van der Waals surface area contributed by atoms with Gasteiger partial charge in [-0.1, -0.05) is 191 Å². The molecule has 3 fully saturated rings. The van der Waals surface area contributed by atoms with Gasteiger partial charge in [0.05, 0.1) is 63.8 Å². The van der Waals surface area contributed by atoms with Gasteiger partial charge in [0.25, 0.3) is 0 Å². The molecule has 0 atom stereocenters. The molecule has 2 aromatic heterocycles. The maximum absolute atomic E-state index is 8.25. The van der Waals surface area contributed by atoms with Crippen LogP contribution in [0.4, 0.5) is 0 Å². The van der Waals surface area contributed by atoms with Crippen LogP contribution in [-0.2, 0) is 41.2 Å². The molecule has 3 aliphatic heterocycles. The predicted octanol–water partition coefficient (Wildman–Crippen LogP) is 11.0. The van der Waals surface area contributed by atoms with Gasteiger partial charge in [0.15, 0.2) is 18.9 Å². The Bertz CT molecular complexity index is 2810. The first-order valence-electron chi connectivity index (χ1n) is 22.6. The van der Waals surface area contributed by atoms with Crippen LogP contribution in [0.2, 0.25) is 0 Å². The molecule has 3 saturated heterocycles. The summed E-state index contributed by atoms with van der Waals surface area (Å²) >= 11 is 5.87. The molecule has 18 heteroatoms. The van der Waals surface area contributed by atoms with E-state index < -0.39 is 0 Å². The Morgan fingerprint density at radius 2 is 0.958 bits per heavy atom. The van der Waals surface area contributed by atoms with E-state index in [1.165, 1.54) is 0 Å². The fourth-order valence-electron chi connectivity index (χ4n) is 7.38. The van der Waals surface area contributed by atoms with Gasteiger partial charge in [0.2, 0.25) is 0 Å². The third-order valence-electron chi connectivity index (χ3n) is 11.0. The molecule has 15 nitrogen and oxygen atoms in total. The molecule has 0 saturated carbocycles. The molecule has 5 heterocycles. The Morgan fingerprint density at radius 3 is 1.39 bits per heavy atom. The van der Waals surface area contributed by atoms with Crippen molar-refractivity contribution in [3.05, 3.63) is 227 Å². The smallest absolute Gasteiger partial charge is 0.184 e. The SMILES string of the molecule is C#Cc1ccccc1.[B].[Cu][I].[N-]=[N+]=NC1COC(c2ccccc2)OC1.c1ccc(-c2cn(C3COC(c4ccccc4)OC3)nn2)cc1.c1ccc(-c2cnnn2C2COC(c3ccccc3)OC2)cc1. The number of nitrogens with zero attached hydrogens (tertiary/aromatic N) is 9. The van der Waals surface area contributed by atoms with E-state index in [0.29, 0.717) is 39.6 Å². The minimum atomic E-state index is -0.337. The van der Waals surface area contributed by atoms with Gasteiger partial charge in [0, 0.05) is 46.7 Å². The average Bonchev–Trinajstić information content (AvgIpc) is 4.18. The quantitative estimate of drug-likeness (QED) is 0.0357. The molecule has 6 aromatic carbocycles. The average molecular weight is 1120 g/mol. The molecule has 369 valence electrons. The monoisotopic (exact) mass is 1120 g/mol. The Balaban J connectivity index is 0.000000163. The third-order valence-corrected chi connectivity index (χ3v) is 11.0. The number of hydrogen-bond donors (Lipinski definition) is 0. The Labute approximate surface area is 440 Å². The van der Waals surface area contributed by atoms with Crippen LogP contribution in [0, 0.1) is 12.3 Å². The van der Waals surface area contributed by atoms with Crippen molar-refractivity contribution < 1.29 is 41.2 Å². The summed E-state index contributed by atoms with van der Waals surface area (Å²) in [6, 6.07) is 59.2. The summed E-state index contributed by atoms with van der Waals surface area (Å²) in [6.07, 6.45) is 7.87. The maximum atomic E-state index is 8.25. The number of azide groups is 1. The molecule has 0 amide bonds. The summed E-state index contributed by atoms with van der Waals surface area (Å²) in [5, 5.41) is 20.3. The van der Waals surface area contributed by atoms with Gasteiger partial charge < -0.3 is 28.4 Å². The number of benzene rings is 6. The van der Waals surface area contributed by atoms with Crippen LogP contribution in [-0.4, -0.2) is 84.1 Å². The molecule has 0 spiro atoms. The van der Waals surface area contributed by atoms with Crippen molar-refractivity contribution in [2.75, 3.05) is 39.6 Å². The van der Waals surface area contributed by atoms with Gasteiger partial charge in [-0.15, -0.1) is 16.6 Å². The second kappa shape index (κ2) is 30.4. The van der Waals surface area contributed by atoms with Crippen LogP contribution >= 0.6 is 20.3 Å². The van der Waals surface area contributed by atoms with Gasteiger partial charge in [-0.25, -0.2) is 9.36 Å². The molecule has 3 aliphatic rings. The van der Waals surface area contributed by atoms with Crippen molar-refractivity contribution in [2.24, 2.45) is 5.11 Å². The molecule has 8 aromatic rings. The largest absolute Gasteiger partial charge is 0.348 e. The van der Waals surface area contributed by atoms with Gasteiger partial charge >= 0.3 is 33.1 Å². The van der Waals surface area contributed by atoms with E-state index in [1.807, 2.05) is 198 Å². The molecular formula is C54H51BCuIN9O6. The number of aromatic nitrogens is 6. The van der Waals surface area contributed by atoms with Gasteiger partial charge in [0.1, 0.15) is 17.8 Å². The zero-order valence-electron chi connectivity index (χ0n) is 39.0. The van der Waals surface area contributed by atoms with E-state index in [9.17, 15) is 0 Å². The van der Waals surface area contributed by atoms with E-state index >= 15 is 0 Å². The molecule has 72 heavy (non-hydrogen) atoms. The van der Waals surface area contributed by atoms with Gasteiger partial charge in [-0.05, 0) is 17.7 Å². The van der Waals surface area contributed by atoms with E-state index in [4.69, 9.17) is 40.4 Å². The molecular weight excluding hydrogens is 1070 g/mol. The van der Waals surface area contributed by atoms with Crippen molar-refractivity contribution >= 4 is 28.8 Å². The molecule has 0 aliphatic carbocycles. The molecule has 3 radical (unpaired) electrons. The van der Waals surface area contributed by atoms with Crippen molar-refractivity contribution in [1.29, 1.82) is 0 Å². The summed E-state index contributed by atoms with van der Waals surface area (Å²) in [7, 11) is 0. The Morgan fingerprint density at radius 1 is 0.556 bits per heavy atom. The van der Waals surface area contributed by atoms with E-state index in [0.717, 1.165) is 44.8 Å². The maximum Gasteiger partial charge on any atom is 0.184 e. The van der Waals surface area contributed by atoms with E-state index in [1.54, 1.807) is 26.5 Å². The minimum absolute atomic E-state index is 0. The summed E-state index contributed by atoms with van der Waals surface area (Å²) in [5.74, 6) is 2.53. The van der Waals surface area contributed by atoms with Crippen LogP contribution in [0.5, 0.6) is 0 Å². The van der Waals surface area contributed by atoms with Crippen LogP contribution in [0.1, 0.15) is 53.2 Å². The van der Waals surface area contributed by atoms with Gasteiger partial charge in [-0.3, -0.25) is 0 Å². The van der Waals surface area contributed by atoms with Crippen molar-refractivity contribution in [3.8, 4) is 34.9 Å². The standard InChI is InChI=1S/2C18H17N3O2.C10H11N3O2.C8H6.B.Cu.HI/c1-3-7-14(8-4-1)17-11-21(20-19-17)16-12-22-18(23-13-16)15-9-5-2-6-10-15;1-3-7-14(8-4-1)17-11-19-20-21(17)16-12-22-18(23-13-16)15-9-5-2-6-10-15;11-13-12-9-6-14-10(15-7-9)8-4-2-1-3-5-8;1-2-8-6-4-3-5-7-8;;;/h2*1-11,16,18H,12-13H2;1-5,9-10H,6-7H2;1,3-7H;;;1H/q;;;;;+1;/p-1. The van der Waals surface area contributed by atoms with Crippen molar-refractivity contribution in [3.63, 3.8) is 0 Å². The number of terminal acetylenes is 1. The zero-order chi connectivity index (χ0) is 49.3. The van der Waals surface area contributed by atoms with Crippen LogP contribution < -0.4 is 0 Å². The van der Waals surface area contributed by atoms with Crippen LogP contribution in [0.25, 0.3) is 33.0 Å². The predicted molar refractivity (Wildman–Crippen MR) is 279 cm³/mol. The Hall–Kier alpha value is -6.46. The van der Waals surface area contributed by atoms with Crippen LogP contribution in [0.15, 0.2) is 199 Å². The first-order chi connectivity index (χ1) is 35.1. The van der Waals surface area contributed by atoms with E-state index in [2.05, 4.69) is 49.3 Å². The molecule has 11 rings (SSSR count). The fourth-order valence-corrected chi connectivity index (χ4v) is 7.38. The Kier molecular flexibility index (Phi) is 23.2. The topological polar surface area (TPSA) is 166 Å². The molecule has 0 N–H and O–H groups in total. The first kappa shape index (κ1) is 54.9. The normalized spacial score (nSPS) is 19.9. The summed E-state index contributed by atoms with van der Waals surface area (Å²) in [5.41, 5.74) is 16.2. The van der Waals surface area contributed by atoms with Gasteiger partial charge in [-0.2, -0.15) is 0 Å². The molecule has 0 unspecified atom stereocenters. The second-order valence-electron chi connectivity index (χ2n) is 15.8. The van der Waals surface area contributed by atoms with Crippen LogP contribution in [0.3, 0.4) is 0 Å². The minimum Gasteiger partial charge on any atom is -0.348 e. The number of halogens is 1. The third kappa shape index (κ3) is 16.3. The fraction of sp³-hybridized carbons (Fsp3) is 0.222. The number of rotatable bonds is 8. The number of ether oxygens (including phenoxy) is 6. The second-order valence-corrected chi connectivity index (χ2v) is 15.8. The summed E-state index contributed by atoms with van der Waals surface area (Å²) < 4.78 is 38.0. The molecule has 0 bridgehead atoms. The van der Waals surface area contributed by atoms with Crippen molar-refractivity contribution in [2.45, 2.75) is 37.0 Å². The summed E-state index contributed by atoms with van der Waals surface area (Å²) in [6.45, 7) is 3.01. The summed E-state index contributed by atoms with van der Waals surface area (Å²) in [4.78, 5) is 2.72. The number of hydrogen-bond acceptors (Lipinski definition) is 11. The van der Waals surface area contributed by atoms with E-state index in [-0.39, 0.29) is 45.4 Å². The first-order valence-corrected chi connectivity index (χ1v) is 25.6.